The number of ketones is 1. The van der Waals surface area contributed by atoms with E-state index in [1.54, 1.807) is 11.1 Å². The van der Waals surface area contributed by atoms with Crippen LogP contribution in [0, 0.1) is 34.5 Å². The highest BCUT2D eigenvalue weighted by atomic mass is 16.3. The molecule has 4 aliphatic carbocycles. The summed E-state index contributed by atoms with van der Waals surface area (Å²) >= 11 is 0. The second-order valence-corrected chi connectivity index (χ2v) is 9.53. The molecule has 23 heavy (non-hydrogen) atoms. The minimum atomic E-state index is 0.0634. The summed E-state index contributed by atoms with van der Waals surface area (Å²) in [5.74, 6) is 2.91. The number of fused-ring (bicyclic) bond motifs is 4. The van der Waals surface area contributed by atoms with Crippen LogP contribution in [0.4, 0.5) is 0 Å². The van der Waals surface area contributed by atoms with E-state index in [4.69, 9.17) is 0 Å². The predicted octanol–water partition coefficient (Wildman–Crippen LogP) is 4.52. The molecule has 1 N–H and O–H groups in total. The molecule has 4 aliphatic rings. The Labute approximate surface area is 140 Å². The van der Waals surface area contributed by atoms with E-state index < -0.39 is 0 Å². The van der Waals surface area contributed by atoms with Gasteiger partial charge in [-0.05, 0) is 68.1 Å². The Bertz CT molecular complexity index is 562. The molecule has 0 amide bonds. The summed E-state index contributed by atoms with van der Waals surface area (Å²) in [7, 11) is 0. The molecule has 0 aromatic carbocycles. The van der Waals surface area contributed by atoms with Crippen molar-refractivity contribution in [1.29, 1.82) is 0 Å². The molecule has 0 spiro atoms. The number of rotatable bonds is 1. The zero-order valence-corrected chi connectivity index (χ0v) is 15.0. The van der Waals surface area contributed by atoms with Crippen molar-refractivity contribution in [2.24, 2.45) is 34.5 Å². The average molecular weight is 316 g/mol. The molecule has 2 nitrogen and oxygen atoms in total. The quantitative estimate of drug-likeness (QED) is 0.722. The second kappa shape index (κ2) is 5.18. The largest absolute Gasteiger partial charge is 0.395 e. The minimum absolute atomic E-state index is 0.0634. The van der Waals surface area contributed by atoms with Gasteiger partial charge in [0.2, 0.25) is 0 Å². The van der Waals surface area contributed by atoms with E-state index in [1.807, 2.05) is 0 Å². The second-order valence-electron chi connectivity index (χ2n) is 9.53. The van der Waals surface area contributed by atoms with Crippen LogP contribution >= 0.6 is 0 Å². The third-order valence-corrected chi connectivity index (χ3v) is 8.40. The Kier molecular flexibility index (Phi) is 3.58. The Morgan fingerprint density at radius 2 is 1.96 bits per heavy atom. The molecular weight excluding hydrogens is 284 g/mol. The summed E-state index contributed by atoms with van der Waals surface area (Å²) in [4.78, 5) is 12.2. The Balaban J connectivity index is 1.67. The van der Waals surface area contributed by atoms with E-state index >= 15 is 0 Å². The van der Waals surface area contributed by atoms with E-state index in [0.717, 1.165) is 31.1 Å². The van der Waals surface area contributed by atoms with Crippen LogP contribution in [-0.2, 0) is 4.79 Å². The van der Waals surface area contributed by atoms with Gasteiger partial charge in [0.1, 0.15) is 5.78 Å². The molecule has 2 heteroatoms. The number of aliphatic hydroxyl groups excluding tert-OH is 1. The number of hydrogen-bond acceptors (Lipinski definition) is 2. The molecule has 128 valence electrons. The van der Waals surface area contributed by atoms with Gasteiger partial charge < -0.3 is 5.11 Å². The molecular formula is C21H32O2. The highest BCUT2D eigenvalue weighted by Gasteiger charge is 2.55. The molecule has 1 unspecified atom stereocenters. The molecule has 0 saturated heterocycles. The maximum Gasteiger partial charge on any atom is 0.136 e. The van der Waals surface area contributed by atoms with Crippen molar-refractivity contribution < 1.29 is 9.90 Å². The maximum atomic E-state index is 12.2. The van der Waals surface area contributed by atoms with Gasteiger partial charge in [-0.2, -0.15) is 0 Å². The average Bonchev–Trinajstić information content (AvgIpc) is 2.87. The minimum Gasteiger partial charge on any atom is -0.395 e. The molecule has 4 rings (SSSR count). The summed E-state index contributed by atoms with van der Waals surface area (Å²) in [5, 5.41) is 9.89. The molecule has 0 heterocycles. The van der Waals surface area contributed by atoms with Crippen molar-refractivity contribution in [1.82, 2.24) is 0 Å². The van der Waals surface area contributed by atoms with Gasteiger partial charge in [-0.1, -0.05) is 31.9 Å². The molecule has 0 bridgehead atoms. The maximum absolute atomic E-state index is 12.2. The molecule has 2 saturated carbocycles. The molecule has 0 radical (unpaired) electrons. The monoisotopic (exact) mass is 316 g/mol. The van der Waals surface area contributed by atoms with Crippen LogP contribution in [0.25, 0.3) is 0 Å². The van der Waals surface area contributed by atoms with Gasteiger partial charge in [-0.25, -0.2) is 0 Å². The summed E-state index contributed by atoms with van der Waals surface area (Å²) in [6.07, 6.45) is 9.30. The summed E-state index contributed by atoms with van der Waals surface area (Å²) in [5.41, 5.74) is 3.77. The van der Waals surface area contributed by atoms with Gasteiger partial charge in [0.15, 0.2) is 0 Å². The topological polar surface area (TPSA) is 37.3 Å². The molecule has 2 fully saturated rings. The highest BCUT2D eigenvalue weighted by Crippen LogP contribution is 2.63. The number of carbonyl (C=O) groups excluding carboxylic acids is 1. The predicted molar refractivity (Wildman–Crippen MR) is 91.9 cm³/mol. The van der Waals surface area contributed by atoms with Crippen LogP contribution < -0.4 is 0 Å². The lowest BCUT2D eigenvalue weighted by molar-refractivity contribution is -0.136. The lowest BCUT2D eigenvalue weighted by Gasteiger charge is -2.57. The number of carbonyl (C=O) groups is 1. The lowest BCUT2D eigenvalue weighted by Crippen LogP contribution is -2.50. The first-order chi connectivity index (χ1) is 10.9. The Morgan fingerprint density at radius 1 is 1.17 bits per heavy atom. The summed E-state index contributed by atoms with van der Waals surface area (Å²) in [6, 6.07) is 0. The van der Waals surface area contributed by atoms with Crippen LogP contribution in [-0.4, -0.2) is 17.5 Å². The number of Topliss-reactive ketones (excluding diaryl/α,β-unsaturated/α-hetero) is 1. The van der Waals surface area contributed by atoms with Gasteiger partial charge in [0.25, 0.3) is 0 Å². The van der Waals surface area contributed by atoms with Crippen molar-refractivity contribution in [3.63, 3.8) is 0 Å². The first-order valence-electron chi connectivity index (χ1n) is 9.75. The molecule has 6 atom stereocenters. The smallest absolute Gasteiger partial charge is 0.136 e. The fraction of sp³-hybridized carbons (Fsp3) is 0.857. The molecule has 0 aromatic rings. The van der Waals surface area contributed by atoms with E-state index in [1.165, 1.54) is 32.1 Å². The van der Waals surface area contributed by atoms with Crippen LogP contribution in [0.5, 0.6) is 0 Å². The zero-order chi connectivity index (χ0) is 16.4. The van der Waals surface area contributed by atoms with Gasteiger partial charge in [0.05, 0.1) is 6.61 Å². The van der Waals surface area contributed by atoms with Crippen molar-refractivity contribution in [2.75, 3.05) is 6.61 Å². The van der Waals surface area contributed by atoms with Gasteiger partial charge >= 0.3 is 0 Å². The lowest BCUT2D eigenvalue weighted by atomic mass is 9.48. The van der Waals surface area contributed by atoms with E-state index in [9.17, 15) is 9.90 Å². The van der Waals surface area contributed by atoms with Crippen molar-refractivity contribution >= 4 is 5.78 Å². The Hall–Kier alpha value is -0.630. The fourth-order valence-corrected chi connectivity index (χ4v) is 6.94. The normalized spacial score (nSPS) is 49.7. The third-order valence-electron chi connectivity index (χ3n) is 8.40. The van der Waals surface area contributed by atoms with Crippen molar-refractivity contribution in [3.8, 4) is 0 Å². The van der Waals surface area contributed by atoms with E-state index in [2.05, 4.69) is 20.8 Å². The van der Waals surface area contributed by atoms with Crippen molar-refractivity contribution in [3.05, 3.63) is 11.1 Å². The first-order valence-corrected chi connectivity index (χ1v) is 9.75. The van der Waals surface area contributed by atoms with Crippen LogP contribution in [0.2, 0.25) is 0 Å². The van der Waals surface area contributed by atoms with Crippen LogP contribution in [0.1, 0.15) is 72.1 Å². The van der Waals surface area contributed by atoms with Gasteiger partial charge in [-0.15, -0.1) is 0 Å². The number of allylic oxidation sites excluding steroid dienone is 1. The zero-order valence-electron chi connectivity index (χ0n) is 15.0. The molecule has 0 aliphatic heterocycles. The highest BCUT2D eigenvalue weighted by molar-refractivity contribution is 5.82. The van der Waals surface area contributed by atoms with Gasteiger partial charge in [0, 0.05) is 17.8 Å². The summed E-state index contributed by atoms with van der Waals surface area (Å²) in [6.45, 7) is 7.24. The Morgan fingerprint density at radius 3 is 2.70 bits per heavy atom. The van der Waals surface area contributed by atoms with E-state index in [-0.39, 0.29) is 11.3 Å². The third kappa shape index (κ3) is 2.13. The van der Waals surface area contributed by atoms with Crippen LogP contribution in [0.3, 0.4) is 0 Å². The molecule has 0 aromatic heterocycles. The number of hydrogen-bond donors (Lipinski definition) is 1. The number of aliphatic hydroxyl groups is 1. The summed E-state index contributed by atoms with van der Waals surface area (Å²) < 4.78 is 0. The SMILES string of the molecule is CC1C[C@@]2(C)[C@@H](CC[C@H]3C4=C(CC[C@@H]32)[C@@](C)(CO)CC4)CC1=O. The van der Waals surface area contributed by atoms with Gasteiger partial charge in [-0.3, -0.25) is 4.79 Å². The van der Waals surface area contributed by atoms with Crippen LogP contribution in [0.15, 0.2) is 11.1 Å². The fourth-order valence-electron chi connectivity index (χ4n) is 6.94. The first kappa shape index (κ1) is 15.9. The standard InChI is InChI=1S/C21H32O2/c1-13-11-21(3)14(10-19(13)23)4-5-15-16-8-9-20(2,12-22)17(16)6-7-18(15)21/h13-15,18,22H,4-12H2,1-3H3/t13?,14-,15-,18-,20+,21-/m0/s1. The van der Waals surface area contributed by atoms with E-state index in [0.29, 0.717) is 23.7 Å². The van der Waals surface area contributed by atoms with Crippen molar-refractivity contribution in [2.45, 2.75) is 72.1 Å².